The third-order valence-corrected chi connectivity index (χ3v) is 22.3. The first kappa shape index (κ1) is 88.0. The lowest BCUT2D eigenvalue weighted by atomic mass is 9.89. The number of benzene rings is 7. The van der Waals surface area contributed by atoms with Crippen molar-refractivity contribution < 1.29 is 143 Å². The van der Waals surface area contributed by atoms with Gasteiger partial charge in [-0.05, 0) is 120 Å². The zero-order chi connectivity index (χ0) is 87.6. The third-order valence-electron chi connectivity index (χ3n) is 21.6. The van der Waals surface area contributed by atoms with Crippen molar-refractivity contribution in [1.29, 1.82) is 0 Å². The quantitative estimate of drug-likeness (QED) is 0.0536. The maximum Gasteiger partial charge on any atom is 0.335 e. The van der Waals surface area contributed by atoms with E-state index in [1.54, 1.807) is 0 Å². The summed E-state index contributed by atoms with van der Waals surface area (Å²) in [6, 6.07) is 4.41. The highest BCUT2D eigenvalue weighted by Crippen LogP contribution is 2.50. The van der Waals surface area contributed by atoms with E-state index in [4.69, 9.17) is 56.4 Å². The van der Waals surface area contributed by atoms with Gasteiger partial charge < -0.3 is 142 Å². The molecule has 0 radical (unpaired) electrons. The van der Waals surface area contributed by atoms with Crippen molar-refractivity contribution >= 4 is 76.5 Å². The fourth-order valence-corrected chi connectivity index (χ4v) is 15.6. The first-order chi connectivity index (χ1) is 58.2. The minimum Gasteiger partial charge on any atom is -0.508 e. The number of unbranched alkanes of at least 4 members (excludes halogenated alkanes) is 5. The number of nitrogens with one attached hydrogen (secondary N) is 8. The Bertz CT molecular complexity index is 5200. The summed E-state index contributed by atoms with van der Waals surface area (Å²) in [6.45, 7) is 3.26. The molecule has 7 aromatic carbocycles. The van der Waals surface area contributed by atoms with E-state index >= 15 is 24.0 Å². The number of hydrogen-bond donors (Lipinski definition) is 21. The summed E-state index contributed by atoms with van der Waals surface area (Å²) < 4.78 is 44.0. The lowest BCUT2D eigenvalue weighted by Crippen LogP contribution is -2.66. The molecule has 17 bridgehead atoms. The molecular weight excluding hydrogens is 1640 g/mol. The van der Waals surface area contributed by atoms with Gasteiger partial charge in [0.2, 0.25) is 59.7 Å². The maximum atomic E-state index is 16.7. The van der Waals surface area contributed by atoms with Crippen molar-refractivity contribution in [2.24, 2.45) is 5.92 Å². The van der Waals surface area contributed by atoms with Gasteiger partial charge in [0, 0.05) is 47.2 Å². The Morgan fingerprint density at radius 2 is 1.17 bits per heavy atom. The molecule has 8 aliphatic heterocycles. The number of rotatable bonds is 18. The number of phenols is 4. The highest BCUT2D eigenvalue weighted by atomic mass is 35.5. The molecule has 21 N–H and O–H groups in total. The third kappa shape index (κ3) is 18.9. The van der Waals surface area contributed by atoms with E-state index in [2.05, 4.69) is 56.4 Å². The second-order valence-electron chi connectivity index (χ2n) is 30.6. The number of aliphatic hydroxyl groups is 7. The molecule has 648 valence electrons. The predicted octanol–water partition coefficient (Wildman–Crippen LogP) is 4.18. The number of phenolic OH excluding ortho intramolecular Hbond substituents is 4. The first-order valence-corrected chi connectivity index (χ1v) is 39.7. The van der Waals surface area contributed by atoms with Crippen molar-refractivity contribution in [3.05, 3.63) is 164 Å². The molecule has 8 heterocycles. The summed E-state index contributed by atoms with van der Waals surface area (Å²) in [5.74, 6) is -19.0. The Morgan fingerprint density at radius 1 is 0.533 bits per heavy atom. The van der Waals surface area contributed by atoms with Gasteiger partial charge in [0.05, 0.1) is 16.7 Å². The normalized spacial score (nSPS) is 26.5. The van der Waals surface area contributed by atoms with Crippen molar-refractivity contribution in [2.75, 3.05) is 13.7 Å². The van der Waals surface area contributed by atoms with E-state index in [9.17, 15) is 85.6 Å². The van der Waals surface area contributed by atoms with Crippen LogP contribution in [0.15, 0.2) is 115 Å². The van der Waals surface area contributed by atoms with Gasteiger partial charge >= 0.3 is 11.9 Å². The fraction of sp³-hybridized carbons (Fsp3) is 0.386. The average molecular weight is 1730 g/mol. The number of carbonyl (C=O) groups excluding carboxylic acids is 7. The Hall–Kier alpha value is -11.9. The van der Waals surface area contributed by atoms with Crippen molar-refractivity contribution in [2.45, 2.75) is 181 Å². The molecule has 122 heavy (non-hydrogen) atoms. The van der Waals surface area contributed by atoms with Gasteiger partial charge in [-0.3, -0.25) is 33.6 Å². The van der Waals surface area contributed by atoms with Crippen LogP contribution in [-0.4, -0.2) is 207 Å². The SMILES string of the molecule is CN[C@H]1C(=O)N[C@@H]2Cc3ccc(cc3)Oc3cc4cc(c3OC3OC(C(=O)O)C(O)C(O)C3NC(=O)CCCCCCCCC(C)C)Oc3ccc(cc3Cl)[C@@H](O)[C@@H]3NC(=O)[C@H](NC(=O)[C@@H]4NC(=O)[C@@H](NC2=O)c2cc(cc(O)c2Cl)Oc2cc1ccc2O)c1ccc(O)c(c1)-c1c(OC2OC(CO)C(O)C(O)C2O)cc(O)cc1[C@H](C(=O)O)NC3=O. The molecule has 8 aliphatic rings. The Labute approximate surface area is 703 Å². The van der Waals surface area contributed by atoms with Gasteiger partial charge in [0.1, 0.15) is 125 Å². The molecule has 10 unspecified atom stereocenters. The monoisotopic (exact) mass is 1730 g/mol. The van der Waals surface area contributed by atoms with E-state index < -0.39 is 271 Å². The number of carboxylic acid groups (broad SMARTS) is 2. The van der Waals surface area contributed by atoms with Crippen LogP contribution in [-0.2, 0) is 59.0 Å². The van der Waals surface area contributed by atoms with Crippen LogP contribution in [0.4, 0.5) is 0 Å². The van der Waals surface area contributed by atoms with Gasteiger partial charge in [-0.1, -0.05) is 106 Å². The van der Waals surface area contributed by atoms with Crippen LogP contribution in [0.3, 0.4) is 0 Å². The molecule has 2 saturated heterocycles. The number of aliphatic carboxylic acids is 2. The van der Waals surface area contributed by atoms with Crippen LogP contribution in [0, 0.1) is 5.92 Å². The highest BCUT2D eigenvalue weighted by Gasteiger charge is 2.52. The Kier molecular flexibility index (Phi) is 26.8. The van der Waals surface area contributed by atoms with Gasteiger partial charge in [0.25, 0.3) is 0 Å². The molecule has 0 spiro atoms. The number of carboxylic acids is 2. The number of ether oxygens (including phenoxy) is 7. The minimum absolute atomic E-state index is 0.153. The highest BCUT2D eigenvalue weighted by molar-refractivity contribution is 6.33. The molecule has 0 aromatic heterocycles. The number of fused-ring (bicyclic) bond motifs is 14. The smallest absolute Gasteiger partial charge is 0.335 e. The molecule has 2 fully saturated rings. The minimum atomic E-state index is -2.47. The number of hydrogen-bond acceptors (Lipinski definition) is 28. The number of likely N-dealkylation sites (N-methyl/N-ethyl adjacent to an activating group) is 1. The molecule has 7 amide bonds. The van der Waals surface area contributed by atoms with Crippen LogP contribution < -0.4 is 66.2 Å². The number of aliphatic hydroxyl groups excluding tert-OH is 7. The zero-order valence-electron chi connectivity index (χ0n) is 65.1. The summed E-state index contributed by atoms with van der Waals surface area (Å²) in [5.41, 5.74) is -3.29. The fourth-order valence-electron chi connectivity index (χ4n) is 15.2. The zero-order valence-corrected chi connectivity index (χ0v) is 66.6. The van der Waals surface area contributed by atoms with Gasteiger partial charge in [-0.2, -0.15) is 0 Å². The molecule has 0 saturated carbocycles. The average Bonchev–Trinajstić information content (AvgIpc) is 0.760. The molecule has 18 atom stereocenters. The standard InChI is InChI=1S/C83H88Cl2N8O29/c1-33(2)10-8-6-4-5-7-9-11-56(99)88-65-68(102)70(104)73(81(114)115)122-82(65)121-72-53-26-38-27-54(72)118-50-21-16-37(24-45(50)84)66(100)64-79(111)92-63(80(112)113)43-28-39(95)29-52(119-83-71(105)69(103)67(101)55(32-94)120-83)57(43)42-23-35(14-19-47(42)96)60(76(108)93-64)89-77(109)61(38)90-78(110)62-44-30-41(31-49(98)58(44)85)117-51-25-36(15-20-48(51)97)59(86-3)75(107)87-46(74(106)91-62)22-34-12-17-40(116-53)18-13-34/h12-21,23-31,33,46,55,59-71,73,82-83,86,94-98,100-105H,4-11,22,32H2,1-3H3,(H,87,107)(H,88,99)(H,89,109)(H,90,110)(H,91,106)(H,92,111)(H,93,108)(H,112,113)(H,114,115)/t46-,55?,59-,60-,61-,62+,63-,64+,65?,66-,67?,68?,69?,70?,71?,73?,82?,83?/m1/s1. The van der Waals surface area contributed by atoms with Gasteiger partial charge in [-0.15, -0.1) is 0 Å². The van der Waals surface area contributed by atoms with E-state index in [1.807, 2.05) is 0 Å². The number of halogens is 2. The summed E-state index contributed by atoms with van der Waals surface area (Å²) in [4.78, 5) is 136. The van der Waals surface area contributed by atoms with Crippen LogP contribution in [0.25, 0.3) is 11.1 Å². The number of aromatic hydroxyl groups is 4. The topological polar surface area (TPSA) is 577 Å². The second kappa shape index (κ2) is 37.2. The summed E-state index contributed by atoms with van der Waals surface area (Å²) in [7, 11) is 1.42. The van der Waals surface area contributed by atoms with Crippen molar-refractivity contribution in [3.63, 3.8) is 0 Å². The second-order valence-corrected chi connectivity index (χ2v) is 31.4. The van der Waals surface area contributed by atoms with E-state index in [0.29, 0.717) is 18.8 Å². The predicted molar refractivity (Wildman–Crippen MR) is 424 cm³/mol. The summed E-state index contributed by atoms with van der Waals surface area (Å²) in [5, 5.41) is 167. The molecule has 15 rings (SSSR count). The summed E-state index contributed by atoms with van der Waals surface area (Å²) >= 11 is 14.2. The first-order valence-electron chi connectivity index (χ1n) is 38.9. The van der Waals surface area contributed by atoms with E-state index in [-0.39, 0.29) is 40.4 Å². The lowest BCUT2D eigenvalue weighted by Gasteiger charge is -2.41. The van der Waals surface area contributed by atoms with Crippen molar-refractivity contribution in [1.82, 2.24) is 42.5 Å². The van der Waals surface area contributed by atoms with Crippen LogP contribution >= 0.6 is 23.2 Å². The molecule has 37 nitrogen and oxygen atoms in total. The van der Waals surface area contributed by atoms with Crippen molar-refractivity contribution in [3.8, 4) is 80.1 Å². The maximum absolute atomic E-state index is 16.7. The largest absolute Gasteiger partial charge is 0.508 e. The van der Waals surface area contributed by atoms with E-state index in [1.165, 1.54) is 49.5 Å². The molecule has 0 aliphatic carbocycles. The summed E-state index contributed by atoms with van der Waals surface area (Å²) in [6.07, 6.45) is -16.3. The Balaban J connectivity index is 1.04. The molecule has 7 aromatic rings. The number of amides is 7. The van der Waals surface area contributed by atoms with Gasteiger partial charge in [-0.25, -0.2) is 9.59 Å². The van der Waals surface area contributed by atoms with Crippen LogP contribution in [0.5, 0.6) is 69.0 Å². The number of carbonyl (C=O) groups is 9. The molecular formula is C83H88Cl2N8O29. The van der Waals surface area contributed by atoms with Gasteiger partial charge in [0.15, 0.2) is 35.1 Å². The Morgan fingerprint density at radius 3 is 1.86 bits per heavy atom. The molecule has 39 heteroatoms. The van der Waals surface area contributed by atoms with Crippen LogP contribution in [0.2, 0.25) is 10.0 Å². The lowest BCUT2D eigenvalue weighted by molar-refractivity contribution is -0.277. The van der Waals surface area contributed by atoms with Crippen LogP contribution in [0.1, 0.15) is 140 Å². The van der Waals surface area contributed by atoms with E-state index in [0.717, 1.165) is 105 Å².